The van der Waals surface area contributed by atoms with E-state index >= 15 is 0 Å². The maximum Gasteiger partial charge on any atom is 0.414 e. The highest BCUT2D eigenvalue weighted by Gasteiger charge is 2.30. The summed E-state index contributed by atoms with van der Waals surface area (Å²) in [6, 6.07) is 1.82. The Bertz CT molecular complexity index is 499. The molecule has 0 radical (unpaired) electrons. The molecule has 0 atom stereocenters. The molecule has 2 heterocycles. The lowest BCUT2D eigenvalue weighted by molar-refractivity contribution is 0.0583. The SMILES string of the molecule is CC(C)(C)OC(=O)N1CCc2cc[nH]c(=O)c21. The highest BCUT2D eigenvalue weighted by molar-refractivity contribution is 5.90. The van der Waals surface area contributed by atoms with Gasteiger partial charge in [0.2, 0.25) is 0 Å². The number of amides is 1. The van der Waals surface area contributed by atoms with Crippen LogP contribution in [-0.4, -0.2) is 23.2 Å². The predicted molar refractivity (Wildman–Crippen MR) is 64.3 cm³/mol. The van der Waals surface area contributed by atoms with Crippen LogP contribution in [0.25, 0.3) is 0 Å². The summed E-state index contributed by atoms with van der Waals surface area (Å²) in [6.07, 6.45) is 1.83. The van der Waals surface area contributed by atoms with Gasteiger partial charge in [0.05, 0.1) is 0 Å². The van der Waals surface area contributed by atoms with Gasteiger partial charge in [0, 0.05) is 12.7 Å². The third kappa shape index (κ3) is 2.33. The third-order valence-corrected chi connectivity index (χ3v) is 2.51. The van der Waals surface area contributed by atoms with Crippen LogP contribution in [0.5, 0.6) is 0 Å². The minimum absolute atomic E-state index is 0.245. The Morgan fingerprint density at radius 2 is 2.18 bits per heavy atom. The number of hydrogen-bond acceptors (Lipinski definition) is 3. The van der Waals surface area contributed by atoms with Gasteiger partial charge in [0.1, 0.15) is 11.3 Å². The zero-order chi connectivity index (χ0) is 12.6. The number of pyridine rings is 1. The molecule has 1 aliphatic heterocycles. The number of carbonyl (C=O) groups is 1. The first-order valence-corrected chi connectivity index (χ1v) is 5.59. The number of carbonyl (C=O) groups excluding carboxylic acids is 1. The molecule has 1 aromatic heterocycles. The number of nitrogens with one attached hydrogen (secondary N) is 1. The van der Waals surface area contributed by atoms with E-state index in [0.29, 0.717) is 18.7 Å². The monoisotopic (exact) mass is 236 g/mol. The lowest BCUT2D eigenvalue weighted by Crippen LogP contribution is -2.37. The van der Waals surface area contributed by atoms with Crippen LogP contribution in [0, 0.1) is 0 Å². The molecule has 0 aromatic carbocycles. The first kappa shape index (κ1) is 11.7. The molecule has 2 rings (SSSR count). The first-order chi connectivity index (χ1) is 7.88. The highest BCUT2D eigenvalue weighted by atomic mass is 16.6. The van der Waals surface area contributed by atoms with E-state index in [-0.39, 0.29) is 5.56 Å². The second-order valence-electron chi connectivity index (χ2n) is 5.06. The lowest BCUT2D eigenvalue weighted by Gasteiger charge is -2.24. The Balaban J connectivity index is 2.28. The van der Waals surface area contributed by atoms with Gasteiger partial charge in [-0.15, -0.1) is 0 Å². The number of hydrogen-bond donors (Lipinski definition) is 1. The Labute approximate surface area is 99.4 Å². The van der Waals surface area contributed by atoms with Crippen LogP contribution in [0.3, 0.4) is 0 Å². The first-order valence-electron chi connectivity index (χ1n) is 5.59. The van der Waals surface area contributed by atoms with Crippen LogP contribution in [0.1, 0.15) is 26.3 Å². The van der Waals surface area contributed by atoms with E-state index in [4.69, 9.17) is 4.74 Å². The summed E-state index contributed by atoms with van der Waals surface area (Å²) < 4.78 is 5.27. The third-order valence-electron chi connectivity index (χ3n) is 2.51. The zero-order valence-electron chi connectivity index (χ0n) is 10.2. The van der Waals surface area contributed by atoms with E-state index < -0.39 is 11.7 Å². The number of rotatable bonds is 0. The molecule has 0 unspecified atom stereocenters. The molecular weight excluding hydrogens is 220 g/mol. The predicted octanol–water partition coefficient (Wildman–Crippen LogP) is 1.67. The van der Waals surface area contributed by atoms with Crippen molar-refractivity contribution >= 4 is 11.8 Å². The van der Waals surface area contributed by atoms with Crippen LogP contribution in [0.2, 0.25) is 0 Å². The van der Waals surface area contributed by atoms with Crippen molar-refractivity contribution in [2.45, 2.75) is 32.8 Å². The van der Waals surface area contributed by atoms with Gasteiger partial charge in [-0.25, -0.2) is 4.79 Å². The molecule has 5 heteroatoms. The molecule has 0 saturated carbocycles. The standard InChI is InChI=1S/C12H16N2O3/c1-12(2,3)17-11(16)14-7-5-8-4-6-13-10(15)9(8)14/h4,6H,5,7H2,1-3H3,(H,13,15). The molecule has 92 valence electrons. The van der Waals surface area contributed by atoms with E-state index in [9.17, 15) is 9.59 Å². The van der Waals surface area contributed by atoms with E-state index in [0.717, 1.165) is 5.56 Å². The average molecular weight is 236 g/mol. The van der Waals surface area contributed by atoms with Gasteiger partial charge >= 0.3 is 6.09 Å². The molecule has 0 fully saturated rings. The molecule has 0 bridgehead atoms. The van der Waals surface area contributed by atoms with Crippen LogP contribution in [-0.2, 0) is 11.2 Å². The van der Waals surface area contributed by atoms with E-state index in [1.807, 2.05) is 6.07 Å². The fourth-order valence-corrected chi connectivity index (χ4v) is 1.85. The van der Waals surface area contributed by atoms with Crippen molar-refractivity contribution in [1.29, 1.82) is 0 Å². The highest BCUT2D eigenvalue weighted by Crippen LogP contribution is 2.24. The Kier molecular flexibility index (Phi) is 2.69. The van der Waals surface area contributed by atoms with Crippen LogP contribution >= 0.6 is 0 Å². The maximum atomic E-state index is 11.9. The largest absolute Gasteiger partial charge is 0.443 e. The quantitative estimate of drug-likeness (QED) is 0.745. The second-order valence-corrected chi connectivity index (χ2v) is 5.06. The minimum Gasteiger partial charge on any atom is -0.443 e. The van der Waals surface area contributed by atoms with E-state index in [1.165, 1.54) is 4.90 Å². The molecule has 17 heavy (non-hydrogen) atoms. The summed E-state index contributed by atoms with van der Waals surface area (Å²) >= 11 is 0. The Morgan fingerprint density at radius 3 is 2.82 bits per heavy atom. The van der Waals surface area contributed by atoms with Crippen molar-refractivity contribution < 1.29 is 9.53 Å². The van der Waals surface area contributed by atoms with Crippen molar-refractivity contribution in [3.63, 3.8) is 0 Å². The summed E-state index contributed by atoms with van der Waals surface area (Å²) in [7, 11) is 0. The summed E-state index contributed by atoms with van der Waals surface area (Å²) in [6.45, 7) is 5.91. The Hall–Kier alpha value is -1.78. The number of ether oxygens (including phenoxy) is 1. The number of fused-ring (bicyclic) bond motifs is 1. The summed E-state index contributed by atoms with van der Waals surface area (Å²) in [4.78, 5) is 27.6. The molecule has 1 aliphatic rings. The number of aromatic amines is 1. The van der Waals surface area contributed by atoms with Crippen LogP contribution in [0.4, 0.5) is 10.5 Å². The van der Waals surface area contributed by atoms with Crippen LogP contribution < -0.4 is 10.5 Å². The lowest BCUT2D eigenvalue weighted by atomic mass is 10.2. The van der Waals surface area contributed by atoms with Gasteiger partial charge in [0.25, 0.3) is 5.56 Å². The molecule has 0 aliphatic carbocycles. The van der Waals surface area contributed by atoms with Crippen molar-refractivity contribution in [3.8, 4) is 0 Å². The second kappa shape index (κ2) is 3.91. The minimum atomic E-state index is -0.554. The maximum absolute atomic E-state index is 11.9. The summed E-state index contributed by atoms with van der Waals surface area (Å²) in [5.41, 5.74) is 0.508. The zero-order valence-corrected chi connectivity index (χ0v) is 10.2. The van der Waals surface area contributed by atoms with Gasteiger partial charge in [-0.1, -0.05) is 0 Å². The van der Waals surface area contributed by atoms with Gasteiger partial charge in [-0.2, -0.15) is 0 Å². The normalized spacial score (nSPS) is 14.6. The summed E-state index contributed by atoms with van der Waals surface area (Å²) in [5.74, 6) is 0. The van der Waals surface area contributed by atoms with Crippen molar-refractivity contribution in [1.82, 2.24) is 4.98 Å². The Morgan fingerprint density at radius 1 is 1.47 bits per heavy atom. The van der Waals surface area contributed by atoms with Crippen molar-refractivity contribution in [2.75, 3.05) is 11.4 Å². The van der Waals surface area contributed by atoms with Gasteiger partial charge in [-0.05, 0) is 38.8 Å². The van der Waals surface area contributed by atoms with Gasteiger partial charge in [0.15, 0.2) is 0 Å². The summed E-state index contributed by atoms with van der Waals surface area (Å²) in [5, 5.41) is 0. The van der Waals surface area contributed by atoms with Gasteiger partial charge in [-0.3, -0.25) is 9.69 Å². The molecule has 0 saturated heterocycles. The number of anilines is 1. The van der Waals surface area contributed by atoms with Crippen molar-refractivity contribution in [2.24, 2.45) is 0 Å². The molecule has 0 spiro atoms. The topological polar surface area (TPSA) is 62.4 Å². The molecule has 5 nitrogen and oxygen atoms in total. The number of nitrogens with zero attached hydrogens (tertiary/aromatic N) is 1. The molecular formula is C12H16N2O3. The average Bonchev–Trinajstić information content (AvgIpc) is 2.60. The molecule has 1 aromatic rings. The molecule has 1 N–H and O–H groups in total. The fourth-order valence-electron chi connectivity index (χ4n) is 1.85. The van der Waals surface area contributed by atoms with Crippen molar-refractivity contribution in [3.05, 3.63) is 28.2 Å². The smallest absolute Gasteiger partial charge is 0.414 e. The molecule has 1 amide bonds. The number of H-pyrrole nitrogens is 1. The number of aromatic nitrogens is 1. The van der Waals surface area contributed by atoms with Crippen LogP contribution in [0.15, 0.2) is 17.1 Å². The van der Waals surface area contributed by atoms with E-state index in [1.54, 1.807) is 27.0 Å². The van der Waals surface area contributed by atoms with E-state index in [2.05, 4.69) is 4.98 Å². The van der Waals surface area contributed by atoms with Gasteiger partial charge < -0.3 is 9.72 Å². The fraction of sp³-hybridized carbons (Fsp3) is 0.500.